The van der Waals surface area contributed by atoms with E-state index in [9.17, 15) is 0 Å². The molecule has 1 aromatic heterocycles. The molecule has 0 spiro atoms. The molecule has 138 valence electrons. The van der Waals surface area contributed by atoms with Crippen molar-refractivity contribution in [3.63, 3.8) is 0 Å². The number of nitrogens with zero attached hydrogens (tertiary/aromatic N) is 3. The SMILES string of the molecule is COCc1nc(NCCC23CCCN2CCC3)cc(C2CC(N)C2)n1. The Morgan fingerprint density at radius 1 is 1.28 bits per heavy atom. The maximum Gasteiger partial charge on any atom is 0.156 e. The van der Waals surface area contributed by atoms with E-state index in [4.69, 9.17) is 10.5 Å². The number of nitrogens with one attached hydrogen (secondary N) is 1. The van der Waals surface area contributed by atoms with Gasteiger partial charge in [-0.3, -0.25) is 4.90 Å². The highest BCUT2D eigenvalue weighted by molar-refractivity contribution is 5.38. The van der Waals surface area contributed by atoms with Gasteiger partial charge in [0.15, 0.2) is 5.82 Å². The molecule has 3 aliphatic rings. The van der Waals surface area contributed by atoms with E-state index in [-0.39, 0.29) is 0 Å². The van der Waals surface area contributed by atoms with Crippen LogP contribution in [0.1, 0.15) is 62.4 Å². The van der Waals surface area contributed by atoms with Crippen LogP contribution in [0.4, 0.5) is 5.82 Å². The third kappa shape index (κ3) is 3.52. The molecule has 3 fully saturated rings. The van der Waals surface area contributed by atoms with Crippen LogP contribution in [-0.4, -0.2) is 53.2 Å². The van der Waals surface area contributed by atoms with E-state index in [0.717, 1.165) is 36.7 Å². The van der Waals surface area contributed by atoms with Crippen LogP contribution in [0.25, 0.3) is 0 Å². The van der Waals surface area contributed by atoms with Crippen LogP contribution < -0.4 is 11.1 Å². The summed E-state index contributed by atoms with van der Waals surface area (Å²) >= 11 is 0. The topological polar surface area (TPSA) is 76.3 Å². The molecule has 0 aromatic carbocycles. The van der Waals surface area contributed by atoms with Gasteiger partial charge in [0.1, 0.15) is 12.4 Å². The second-order valence-electron chi connectivity index (χ2n) is 8.05. The molecule has 2 aliphatic heterocycles. The highest BCUT2D eigenvalue weighted by Gasteiger charge is 2.43. The first-order valence-corrected chi connectivity index (χ1v) is 9.80. The monoisotopic (exact) mass is 345 g/mol. The molecular weight excluding hydrogens is 314 g/mol. The molecule has 4 rings (SSSR count). The zero-order valence-electron chi connectivity index (χ0n) is 15.3. The van der Waals surface area contributed by atoms with Gasteiger partial charge in [-0.2, -0.15) is 0 Å². The van der Waals surface area contributed by atoms with Crippen molar-refractivity contribution >= 4 is 5.82 Å². The Hall–Kier alpha value is -1.24. The zero-order chi connectivity index (χ0) is 17.3. The van der Waals surface area contributed by atoms with Crippen molar-refractivity contribution in [2.75, 3.05) is 32.1 Å². The first-order valence-electron chi connectivity index (χ1n) is 9.80. The fraction of sp³-hybridized carbons (Fsp3) is 0.789. The molecule has 0 unspecified atom stereocenters. The van der Waals surface area contributed by atoms with Crippen molar-refractivity contribution in [2.24, 2.45) is 5.73 Å². The smallest absolute Gasteiger partial charge is 0.156 e. The lowest BCUT2D eigenvalue weighted by molar-refractivity contribution is 0.177. The number of aromatic nitrogens is 2. The Kier molecular flexibility index (Phi) is 4.93. The molecule has 2 saturated heterocycles. The van der Waals surface area contributed by atoms with E-state index in [1.807, 2.05) is 0 Å². The molecule has 3 N–H and O–H groups in total. The Morgan fingerprint density at radius 3 is 2.72 bits per heavy atom. The third-order valence-electron chi connectivity index (χ3n) is 6.37. The van der Waals surface area contributed by atoms with Gasteiger partial charge in [0, 0.05) is 42.9 Å². The van der Waals surface area contributed by atoms with Crippen LogP contribution in [0.15, 0.2) is 6.07 Å². The Labute approximate surface area is 150 Å². The fourth-order valence-electron chi connectivity index (χ4n) is 4.97. The van der Waals surface area contributed by atoms with Gasteiger partial charge in [0.05, 0.1) is 0 Å². The predicted octanol–water partition coefficient (Wildman–Crippen LogP) is 2.26. The summed E-state index contributed by atoms with van der Waals surface area (Å²) in [5, 5.41) is 3.57. The number of nitrogens with two attached hydrogens (primary N) is 1. The number of methoxy groups -OCH3 is 1. The van der Waals surface area contributed by atoms with Crippen LogP contribution in [0.3, 0.4) is 0 Å². The molecule has 25 heavy (non-hydrogen) atoms. The first kappa shape index (κ1) is 17.2. The van der Waals surface area contributed by atoms with Gasteiger partial charge in [-0.15, -0.1) is 0 Å². The van der Waals surface area contributed by atoms with E-state index < -0.39 is 0 Å². The maximum atomic E-state index is 5.95. The van der Waals surface area contributed by atoms with Gasteiger partial charge < -0.3 is 15.8 Å². The van der Waals surface area contributed by atoms with Crippen LogP contribution in [0, 0.1) is 0 Å². The van der Waals surface area contributed by atoms with Gasteiger partial charge in [0.25, 0.3) is 0 Å². The van der Waals surface area contributed by atoms with Crippen LogP contribution in [-0.2, 0) is 11.3 Å². The molecule has 3 heterocycles. The molecule has 1 saturated carbocycles. The predicted molar refractivity (Wildman–Crippen MR) is 98.6 cm³/mol. The van der Waals surface area contributed by atoms with Crippen LogP contribution in [0.5, 0.6) is 0 Å². The molecule has 0 radical (unpaired) electrons. The van der Waals surface area contributed by atoms with E-state index in [1.165, 1.54) is 45.2 Å². The van der Waals surface area contributed by atoms with E-state index >= 15 is 0 Å². The highest BCUT2D eigenvalue weighted by atomic mass is 16.5. The van der Waals surface area contributed by atoms with Crippen molar-refractivity contribution in [1.82, 2.24) is 14.9 Å². The normalized spacial score (nSPS) is 27.9. The van der Waals surface area contributed by atoms with Crippen molar-refractivity contribution in [2.45, 2.75) is 69.1 Å². The average molecular weight is 345 g/mol. The summed E-state index contributed by atoms with van der Waals surface area (Å²) in [4.78, 5) is 12.0. The summed E-state index contributed by atoms with van der Waals surface area (Å²) in [7, 11) is 1.69. The summed E-state index contributed by atoms with van der Waals surface area (Å²) in [5.41, 5.74) is 7.53. The van der Waals surface area contributed by atoms with Gasteiger partial charge in [-0.25, -0.2) is 9.97 Å². The minimum Gasteiger partial charge on any atom is -0.377 e. The van der Waals surface area contributed by atoms with Crippen molar-refractivity contribution in [1.29, 1.82) is 0 Å². The van der Waals surface area contributed by atoms with E-state index in [0.29, 0.717) is 24.1 Å². The Bertz CT molecular complexity index is 591. The number of ether oxygens (including phenoxy) is 1. The minimum atomic E-state index is 0.331. The molecule has 0 amide bonds. The molecular formula is C19H31N5O. The van der Waals surface area contributed by atoms with Gasteiger partial charge >= 0.3 is 0 Å². The largest absolute Gasteiger partial charge is 0.377 e. The van der Waals surface area contributed by atoms with Gasteiger partial charge in [0.2, 0.25) is 0 Å². The maximum absolute atomic E-state index is 5.95. The Morgan fingerprint density at radius 2 is 2.04 bits per heavy atom. The fourth-order valence-corrected chi connectivity index (χ4v) is 4.97. The lowest BCUT2D eigenvalue weighted by atomic mass is 9.78. The highest BCUT2D eigenvalue weighted by Crippen LogP contribution is 2.41. The van der Waals surface area contributed by atoms with Crippen molar-refractivity contribution in [3.8, 4) is 0 Å². The quantitative estimate of drug-likeness (QED) is 0.789. The molecule has 6 heteroatoms. The number of hydrogen-bond acceptors (Lipinski definition) is 6. The van der Waals surface area contributed by atoms with Crippen LogP contribution in [0.2, 0.25) is 0 Å². The lowest BCUT2D eigenvalue weighted by Crippen LogP contribution is -2.39. The second kappa shape index (κ2) is 7.17. The second-order valence-corrected chi connectivity index (χ2v) is 8.05. The summed E-state index contributed by atoms with van der Waals surface area (Å²) < 4.78 is 5.25. The molecule has 0 atom stereocenters. The summed E-state index contributed by atoms with van der Waals surface area (Å²) in [6, 6.07) is 2.45. The standard InChI is InChI=1S/C19H31N5O/c1-25-13-18-22-16(14-10-15(20)11-14)12-17(23-18)21-7-6-19-4-2-8-24(19)9-3-5-19/h12,14-15H,2-11,13,20H2,1H3,(H,21,22,23). The zero-order valence-corrected chi connectivity index (χ0v) is 15.3. The van der Waals surface area contributed by atoms with Crippen molar-refractivity contribution in [3.05, 3.63) is 17.6 Å². The molecule has 1 aromatic rings. The summed E-state index contributed by atoms with van der Waals surface area (Å²) in [5.74, 6) is 2.19. The Balaban J connectivity index is 1.40. The number of hydrogen-bond donors (Lipinski definition) is 2. The molecule has 6 nitrogen and oxygen atoms in total. The van der Waals surface area contributed by atoms with E-state index in [1.54, 1.807) is 7.11 Å². The van der Waals surface area contributed by atoms with Crippen LogP contribution >= 0.6 is 0 Å². The first-order chi connectivity index (χ1) is 12.2. The summed E-state index contributed by atoms with van der Waals surface area (Å²) in [6.45, 7) is 4.01. The molecule has 0 bridgehead atoms. The number of rotatable bonds is 7. The van der Waals surface area contributed by atoms with Crippen molar-refractivity contribution < 1.29 is 4.74 Å². The number of fused-ring (bicyclic) bond motifs is 1. The number of anilines is 1. The minimum absolute atomic E-state index is 0.331. The lowest BCUT2D eigenvalue weighted by Gasteiger charge is -2.33. The van der Waals surface area contributed by atoms with Gasteiger partial charge in [-0.1, -0.05) is 0 Å². The van der Waals surface area contributed by atoms with Gasteiger partial charge in [-0.05, 0) is 58.0 Å². The van der Waals surface area contributed by atoms with E-state index in [2.05, 4.69) is 26.3 Å². The molecule has 1 aliphatic carbocycles. The summed E-state index contributed by atoms with van der Waals surface area (Å²) in [6.07, 6.45) is 8.70. The third-order valence-corrected chi connectivity index (χ3v) is 6.37. The average Bonchev–Trinajstić information content (AvgIpc) is 3.12.